The fourth-order valence-corrected chi connectivity index (χ4v) is 5.53. The van der Waals surface area contributed by atoms with Gasteiger partial charge in [0.1, 0.15) is 11.0 Å². The lowest BCUT2D eigenvalue weighted by Gasteiger charge is -2.24. The summed E-state index contributed by atoms with van der Waals surface area (Å²) in [6.45, 7) is 1.83. The third kappa shape index (κ3) is 4.03. The summed E-state index contributed by atoms with van der Waals surface area (Å²) in [5, 5.41) is 11.1. The van der Waals surface area contributed by atoms with Crippen molar-refractivity contribution in [3.63, 3.8) is 0 Å². The van der Waals surface area contributed by atoms with Gasteiger partial charge in [0.2, 0.25) is 21.1 Å². The van der Waals surface area contributed by atoms with E-state index in [1.54, 1.807) is 0 Å². The summed E-state index contributed by atoms with van der Waals surface area (Å²) in [7, 11) is -4.52. The van der Waals surface area contributed by atoms with Crippen LogP contribution in [0.25, 0.3) is 0 Å². The Morgan fingerprint density at radius 1 is 1.32 bits per heavy atom. The summed E-state index contributed by atoms with van der Waals surface area (Å²) in [6, 6.07) is 2.85. The van der Waals surface area contributed by atoms with Crippen LogP contribution in [0.4, 0.5) is 18.3 Å². The van der Waals surface area contributed by atoms with Gasteiger partial charge < -0.3 is 0 Å². The number of nitrogens with zero attached hydrogens (tertiary/aromatic N) is 3. The normalized spacial score (nSPS) is 18.4. The molecular weight excluding hydrogens is 417 g/mol. The third-order valence-corrected chi connectivity index (χ3v) is 7.23. The number of carbonyl (C=O) groups is 1. The van der Waals surface area contributed by atoms with Crippen molar-refractivity contribution >= 4 is 32.4 Å². The molecule has 1 aliphatic rings. The molecule has 1 aromatic carbocycles. The molecule has 0 bridgehead atoms. The first kappa shape index (κ1) is 20.7. The molecular formula is C16H17F3N4O3S2. The Hall–Kier alpha value is -2.05. The molecule has 2 aromatic rings. The van der Waals surface area contributed by atoms with E-state index in [4.69, 9.17) is 0 Å². The van der Waals surface area contributed by atoms with Gasteiger partial charge in [-0.2, -0.15) is 17.5 Å². The molecule has 152 valence electrons. The van der Waals surface area contributed by atoms with Gasteiger partial charge >= 0.3 is 6.18 Å². The highest BCUT2D eigenvalue weighted by Gasteiger charge is 2.44. The molecule has 28 heavy (non-hydrogen) atoms. The summed E-state index contributed by atoms with van der Waals surface area (Å²) in [5.41, 5.74) is -1.25. The lowest BCUT2D eigenvalue weighted by Crippen LogP contribution is -2.43. The molecule has 0 aliphatic carbocycles. The van der Waals surface area contributed by atoms with Crippen LogP contribution < -0.4 is 5.32 Å². The van der Waals surface area contributed by atoms with Crippen molar-refractivity contribution < 1.29 is 26.4 Å². The predicted molar refractivity (Wildman–Crippen MR) is 96.3 cm³/mol. The number of aryl methyl sites for hydroxylation is 1. The van der Waals surface area contributed by atoms with Gasteiger partial charge in [0, 0.05) is 6.54 Å². The average molecular weight is 434 g/mol. The number of nitrogens with one attached hydrogen (secondary N) is 1. The minimum Gasteiger partial charge on any atom is -0.299 e. The van der Waals surface area contributed by atoms with Crippen LogP contribution in [-0.4, -0.2) is 41.4 Å². The monoisotopic (exact) mass is 434 g/mol. The zero-order valence-corrected chi connectivity index (χ0v) is 16.4. The molecule has 1 atom stereocenters. The number of sulfonamides is 1. The second-order valence-corrected chi connectivity index (χ2v) is 9.03. The molecule has 1 amide bonds. The number of hydrogen-bond donors (Lipinski definition) is 1. The minimum absolute atomic E-state index is 0.0387. The molecule has 0 unspecified atom stereocenters. The first-order chi connectivity index (χ1) is 13.1. The molecule has 7 nitrogen and oxygen atoms in total. The Labute approximate surface area is 163 Å². The first-order valence-electron chi connectivity index (χ1n) is 8.46. The SMILES string of the molecule is CCc1nnc(NC(=O)[C@@H]2CCCN2S(=O)(=O)c2ccccc2C(F)(F)F)s1. The molecule has 1 N–H and O–H groups in total. The maximum Gasteiger partial charge on any atom is 0.417 e. The zero-order chi connectivity index (χ0) is 20.5. The van der Waals surface area contributed by atoms with Gasteiger partial charge in [-0.15, -0.1) is 10.2 Å². The third-order valence-electron chi connectivity index (χ3n) is 4.28. The number of aromatic nitrogens is 2. The van der Waals surface area contributed by atoms with Crippen LogP contribution >= 0.6 is 11.3 Å². The molecule has 0 saturated carbocycles. The highest BCUT2D eigenvalue weighted by atomic mass is 32.2. The molecule has 0 spiro atoms. The molecule has 0 radical (unpaired) electrons. The van der Waals surface area contributed by atoms with Gasteiger partial charge in [-0.1, -0.05) is 30.4 Å². The second kappa shape index (κ2) is 7.76. The van der Waals surface area contributed by atoms with Gasteiger partial charge in [0.25, 0.3) is 0 Å². The number of anilines is 1. The Morgan fingerprint density at radius 2 is 2.04 bits per heavy atom. The largest absolute Gasteiger partial charge is 0.417 e. The van der Waals surface area contributed by atoms with Crippen molar-refractivity contribution in [3.8, 4) is 0 Å². The average Bonchev–Trinajstić information content (AvgIpc) is 3.30. The van der Waals surface area contributed by atoms with Crippen molar-refractivity contribution in [2.45, 2.75) is 43.3 Å². The fourth-order valence-electron chi connectivity index (χ4n) is 2.98. The Morgan fingerprint density at radius 3 is 2.68 bits per heavy atom. The van der Waals surface area contributed by atoms with Crippen LogP contribution in [0.5, 0.6) is 0 Å². The summed E-state index contributed by atoms with van der Waals surface area (Å²) in [4.78, 5) is 11.7. The minimum atomic E-state index is -4.83. The smallest absolute Gasteiger partial charge is 0.299 e. The van der Waals surface area contributed by atoms with Crippen LogP contribution in [0, 0.1) is 0 Å². The van der Waals surface area contributed by atoms with Crippen LogP contribution in [0.15, 0.2) is 29.2 Å². The van der Waals surface area contributed by atoms with Crippen LogP contribution in [0.2, 0.25) is 0 Å². The van der Waals surface area contributed by atoms with E-state index in [0.29, 0.717) is 23.9 Å². The Bertz CT molecular complexity index is 976. The predicted octanol–water partition coefficient (Wildman–Crippen LogP) is 2.91. The van der Waals surface area contributed by atoms with E-state index in [1.165, 1.54) is 6.07 Å². The van der Waals surface area contributed by atoms with E-state index in [0.717, 1.165) is 27.8 Å². The van der Waals surface area contributed by atoms with Crippen LogP contribution in [-0.2, 0) is 27.4 Å². The van der Waals surface area contributed by atoms with E-state index in [-0.39, 0.29) is 18.1 Å². The van der Waals surface area contributed by atoms with Crippen LogP contribution in [0.1, 0.15) is 30.3 Å². The van der Waals surface area contributed by atoms with Crippen LogP contribution in [0.3, 0.4) is 0 Å². The number of halogens is 3. The zero-order valence-electron chi connectivity index (χ0n) is 14.7. The number of rotatable bonds is 5. The molecule has 2 heterocycles. The Kier molecular flexibility index (Phi) is 5.73. The van der Waals surface area contributed by atoms with E-state index in [2.05, 4.69) is 15.5 Å². The summed E-state index contributed by atoms with van der Waals surface area (Å²) < 4.78 is 66.5. The maximum absolute atomic E-state index is 13.3. The van der Waals surface area contributed by atoms with Crippen molar-refractivity contribution in [1.29, 1.82) is 0 Å². The number of benzene rings is 1. The molecule has 12 heteroatoms. The lowest BCUT2D eigenvalue weighted by molar-refractivity contribution is -0.139. The van der Waals surface area contributed by atoms with E-state index < -0.39 is 38.6 Å². The topological polar surface area (TPSA) is 92.3 Å². The highest BCUT2D eigenvalue weighted by molar-refractivity contribution is 7.89. The quantitative estimate of drug-likeness (QED) is 0.781. The van der Waals surface area contributed by atoms with Crippen molar-refractivity contribution in [2.75, 3.05) is 11.9 Å². The molecule has 3 rings (SSSR count). The summed E-state index contributed by atoms with van der Waals surface area (Å²) in [6.07, 6.45) is -3.63. The molecule has 1 aliphatic heterocycles. The van der Waals surface area contributed by atoms with E-state index >= 15 is 0 Å². The number of hydrogen-bond acceptors (Lipinski definition) is 6. The van der Waals surface area contributed by atoms with Gasteiger partial charge in [-0.25, -0.2) is 8.42 Å². The highest BCUT2D eigenvalue weighted by Crippen LogP contribution is 2.37. The van der Waals surface area contributed by atoms with Gasteiger partial charge in [-0.05, 0) is 31.4 Å². The number of carbonyl (C=O) groups excluding carboxylic acids is 1. The van der Waals surface area contributed by atoms with Gasteiger partial charge in [0.05, 0.1) is 10.5 Å². The Balaban J connectivity index is 1.89. The molecule has 1 aromatic heterocycles. The standard InChI is InChI=1S/C16H17F3N4O3S2/c1-2-13-21-22-15(27-13)20-14(24)11-7-5-9-23(11)28(25,26)12-8-4-3-6-10(12)16(17,18)19/h3-4,6,8,11H,2,5,7,9H2,1H3,(H,20,22,24)/t11-/m0/s1. The van der Waals surface area contributed by atoms with E-state index in [9.17, 15) is 26.4 Å². The van der Waals surface area contributed by atoms with Crippen molar-refractivity contribution in [3.05, 3.63) is 34.8 Å². The second-order valence-electron chi connectivity index (χ2n) is 6.11. The number of amides is 1. The fraction of sp³-hybridized carbons (Fsp3) is 0.438. The maximum atomic E-state index is 13.3. The summed E-state index contributed by atoms with van der Waals surface area (Å²) in [5.74, 6) is -0.635. The van der Waals surface area contributed by atoms with Gasteiger partial charge in [0.15, 0.2) is 0 Å². The summed E-state index contributed by atoms with van der Waals surface area (Å²) >= 11 is 1.16. The molecule has 1 saturated heterocycles. The van der Waals surface area contributed by atoms with Crippen molar-refractivity contribution in [2.24, 2.45) is 0 Å². The van der Waals surface area contributed by atoms with Crippen molar-refractivity contribution in [1.82, 2.24) is 14.5 Å². The first-order valence-corrected chi connectivity index (χ1v) is 10.7. The number of alkyl halides is 3. The lowest BCUT2D eigenvalue weighted by atomic mass is 10.2. The molecule has 1 fully saturated rings. The van der Waals surface area contributed by atoms with Gasteiger partial charge in [-0.3, -0.25) is 10.1 Å². The van der Waals surface area contributed by atoms with E-state index in [1.807, 2.05) is 6.92 Å².